The van der Waals surface area contributed by atoms with Crippen LogP contribution in [0.3, 0.4) is 0 Å². The topological polar surface area (TPSA) is 67.3 Å². The molecule has 0 aromatic carbocycles. The van der Waals surface area contributed by atoms with Crippen LogP contribution in [0.4, 0.5) is 0 Å². The van der Waals surface area contributed by atoms with E-state index in [1.807, 2.05) is 6.92 Å². The quantitative estimate of drug-likeness (QED) is 0.242. The maximum atomic E-state index is 5.28. The van der Waals surface area contributed by atoms with Crippen molar-refractivity contribution in [1.82, 2.24) is 10.4 Å². The molecule has 0 heterocycles. The van der Waals surface area contributed by atoms with Gasteiger partial charge in [-0.15, -0.1) is 0 Å². The van der Waals surface area contributed by atoms with Crippen molar-refractivity contribution in [3.05, 3.63) is 0 Å². The lowest BCUT2D eigenvalue weighted by molar-refractivity contribution is 0.457. The van der Waals surface area contributed by atoms with E-state index in [0.29, 0.717) is 11.7 Å². The van der Waals surface area contributed by atoms with Crippen molar-refractivity contribution >= 4 is 17.3 Å². The van der Waals surface area contributed by atoms with Crippen LogP contribution >= 0.6 is 12.2 Å². The highest BCUT2D eigenvalue weighted by Crippen LogP contribution is 1.74. The van der Waals surface area contributed by atoms with Crippen LogP contribution < -0.4 is 17.1 Å². The minimum absolute atomic E-state index is 0.354. The standard InChI is InChI=1S/C3H10N4S/c1-2-7(5)3(8)6-4/h2,4-5H2,1H3,(H,6,8). The normalized spacial score (nSPS) is 8.38. The molecule has 0 saturated heterocycles. The van der Waals surface area contributed by atoms with Gasteiger partial charge in [-0.05, 0) is 19.1 Å². The number of nitrogens with zero attached hydrogens (tertiary/aromatic N) is 1. The molecule has 5 heteroatoms. The van der Waals surface area contributed by atoms with Crippen molar-refractivity contribution in [2.45, 2.75) is 6.92 Å². The van der Waals surface area contributed by atoms with Crippen LogP contribution in [0.5, 0.6) is 0 Å². The first-order valence-corrected chi connectivity index (χ1v) is 2.66. The van der Waals surface area contributed by atoms with Crippen molar-refractivity contribution in [2.75, 3.05) is 6.54 Å². The van der Waals surface area contributed by atoms with Gasteiger partial charge in [0.15, 0.2) is 5.11 Å². The number of thiocarbonyl (C=S) groups is 1. The molecular weight excluding hydrogens is 124 g/mol. The molecule has 0 atom stereocenters. The van der Waals surface area contributed by atoms with Crippen LogP contribution in [0.1, 0.15) is 6.92 Å². The second-order valence-electron chi connectivity index (χ2n) is 1.24. The Kier molecular flexibility index (Phi) is 3.42. The van der Waals surface area contributed by atoms with Crippen LogP contribution in [0, 0.1) is 0 Å². The number of hydrogen-bond donors (Lipinski definition) is 3. The average Bonchev–Trinajstić information content (AvgIpc) is 1.84. The van der Waals surface area contributed by atoms with E-state index in [-0.39, 0.29) is 0 Å². The zero-order chi connectivity index (χ0) is 6.57. The fourth-order valence-electron chi connectivity index (χ4n) is 0.227. The van der Waals surface area contributed by atoms with E-state index in [1.54, 1.807) is 0 Å². The van der Waals surface area contributed by atoms with Gasteiger partial charge in [0.1, 0.15) is 0 Å². The Morgan fingerprint density at radius 1 is 1.88 bits per heavy atom. The summed E-state index contributed by atoms with van der Waals surface area (Å²) in [5.74, 6) is 10.2. The minimum Gasteiger partial charge on any atom is -0.300 e. The van der Waals surface area contributed by atoms with Gasteiger partial charge in [-0.1, -0.05) is 0 Å². The van der Waals surface area contributed by atoms with Crippen molar-refractivity contribution in [3.63, 3.8) is 0 Å². The maximum absolute atomic E-state index is 5.28. The molecule has 48 valence electrons. The van der Waals surface area contributed by atoms with Crippen LogP contribution in [-0.2, 0) is 0 Å². The number of nitrogens with two attached hydrogens (primary N) is 2. The highest BCUT2D eigenvalue weighted by atomic mass is 32.1. The summed E-state index contributed by atoms with van der Waals surface area (Å²) >= 11 is 4.64. The molecule has 0 unspecified atom stereocenters. The van der Waals surface area contributed by atoms with Crippen LogP contribution in [0.2, 0.25) is 0 Å². The third kappa shape index (κ3) is 2.06. The Hall–Kier alpha value is -0.390. The predicted octanol–water partition coefficient (Wildman–Crippen LogP) is -1.07. The van der Waals surface area contributed by atoms with E-state index in [1.165, 1.54) is 5.01 Å². The van der Waals surface area contributed by atoms with Crippen molar-refractivity contribution in [3.8, 4) is 0 Å². The van der Waals surface area contributed by atoms with Crippen molar-refractivity contribution in [2.24, 2.45) is 11.7 Å². The van der Waals surface area contributed by atoms with Gasteiger partial charge < -0.3 is 0 Å². The van der Waals surface area contributed by atoms with Gasteiger partial charge in [0.25, 0.3) is 0 Å². The first-order chi connectivity index (χ1) is 3.72. The molecule has 0 aliphatic carbocycles. The van der Waals surface area contributed by atoms with Crippen LogP contribution in [0.25, 0.3) is 0 Å². The van der Waals surface area contributed by atoms with Crippen molar-refractivity contribution < 1.29 is 0 Å². The van der Waals surface area contributed by atoms with Crippen molar-refractivity contribution in [1.29, 1.82) is 0 Å². The first-order valence-electron chi connectivity index (χ1n) is 2.25. The average molecular weight is 134 g/mol. The van der Waals surface area contributed by atoms with Crippen LogP contribution in [-0.4, -0.2) is 16.7 Å². The molecule has 5 N–H and O–H groups in total. The summed E-state index contributed by atoms with van der Waals surface area (Å²) < 4.78 is 0. The smallest absolute Gasteiger partial charge is 0.197 e. The monoisotopic (exact) mass is 134 g/mol. The fraction of sp³-hybridized carbons (Fsp3) is 0.667. The van der Waals surface area contributed by atoms with Gasteiger partial charge in [-0.2, -0.15) is 0 Å². The Morgan fingerprint density at radius 3 is 2.50 bits per heavy atom. The summed E-state index contributed by atoms with van der Waals surface area (Å²) in [4.78, 5) is 0. The molecule has 0 fully saturated rings. The van der Waals surface area contributed by atoms with E-state index in [9.17, 15) is 0 Å². The number of hydrogen-bond acceptors (Lipinski definition) is 3. The molecule has 0 amide bonds. The Balaban J connectivity index is 3.46. The molecule has 0 aliphatic heterocycles. The zero-order valence-corrected chi connectivity index (χ0v) is 5.53. The lowest BCUT2D eigenvalue weighted by atomic mass is 10.7. The molecule has 0 radical (unpaired) electrons. The molecule has 0 aromatic rings. The zero-order valence-electron chi connectivity index (χ0n) is 4.72. The van der Waals surface area contributed by atoms with Gasteiger partial charge in [0.05, 0.1) is 0 Å². The molecule has 0 rings (SSSR count). The molecule has 0 aromatic heterocycles. The number of rotatable bonds is 1. The molecule has 4 nitrogen and oxygen atoms in total. The lowest BCUT2D eigenvalue weighted by Crippen LogP contribution is -2.46. The third-order valence-electron chi connectivity index (χ3n) is 0.725. The van der Waals surface area contributed by atoms with E-state index in [2.05, 4.69) is 17.6 Å². The summed E-state index contributed by atoms with van der Waals surface area (Å²) in [6.45, 7) is 2.53. The van der Waals surface area contributed by atoms with E-state index in [4.69, 9.17) is 11.7 Å². The Morgan fingerprint density at radius 2 is 2.38 bits per heavy atom. The predicted molar refractivity (Wildman–Crippen MR) is 36.5 cm³/mol. The lowest BCUT2D eigenvalue weighted by Gasteiger charge is -2.14. The van der Waals surface area contributed by atoms with Gasteiger partial charge in [0.2, 0.25) is 0 Å². The summed E-state index contributed by atoms with van der Waals surface area (Å²) in [5.41, 5.74) is 2.25. The minimum atomic E-state index is 0.354. The van der Waals surface area contributed by atoms with E-state index < -0.39 is 0 Å². The molecule has 8 heavy (non-hydrogen) atoms. The Labute approximate surface area is 53.8 Å². The van der Waals surface area contributed by atoms with Gasteiger partial charge in [0, 0.05) is 6.54 Å². The third-order valence-corrected chi connectivity index (χ3v) is 1.08. The second kappa shape index (κ2) is 3.59. The summed E-state index contributed by atoms with van der Waals surface area (Å²) in [6.07, 6.45) is 0. The van der Waals surface area contributed by atoms with Gasteiger partial charge >= 0.3 is 0 Å². The first kappa shape index (κ1) is 7.61. The molecule has 0 saturated carbocycles. The van der Waals surface area contributed by atoms with Crippen LogP contribution in [0.15, 0.2) is 0 Å². The van der Waals surface area contributed by atoms with Gasteiger partial charge in [-0.3, -0.25) is 10.4 Å². The molecule has 0 spiro atoms. The SMILES string of the molecule is CCN(N)C(=S)NN. The highest BCUT2D eigenvalue weighted by Gasteiger charge is 1.95. The second-order valence-corrected chi connectivity index (χ2v) is 1.62. The van der Waals surface area contributed by atoms with E-state index >= 15 is 0 Å². The largest absolute Gasteiger partial charge is 0.300 e. The maximum Gasteiger partial charge on any atom is 0.197 e. The fourth-order valence-corrected chi connectivity index (χ4v) is 0.356. The molecule has 0 aliphatic rings. The summed E-state index contributed by atoms with van der Waals surface area (Å²) in [7, 11) is 0. The number of hydrazine groups is 2. The molecule has 0 bridgehead atoms. The summed E-state index contributed by atoms with van der Waals surface area (Å²) in [6, 6.07) is 0. The summed E-state index contributed by atoms with van der Waals surface area (Å²) in [5, 5.41) is 1.70. The number of nitrogens with one attached hydrogen (secondary N) is 1. The van der Waals surface area contributed by atoms with E-state index in [0.717, 1.165) is 0 Å². The Bertz CT molecular complexity index is 83.4. The van der Waals surface area contributed by atoms with Gasteiger partial charge in [-0.25, -0.2) is 11.7 Å². The highest BCUT2D eigenvalue weighted by molar-refractivity contribution is 7.80. The molecular formula is C3H10N4S.